The maximum Gasteiger partial charge on any atom is 0.252 e. The number of nitrogens with zero attached hydrogens (tertiary/aromatic N) is 1. The number of aromatic hydroxyl groups is 1. The van der Waals surface area contributed by atoms with Crippen molar-refractivity contribution in [2.45, 2.75) is 28.7 Å². The maximum atomic E-state index is 11.5. The largest absolute Gasteiger partial charge is 0.508 e. The number of aromatic amines is 1. The summed E-state index contributed by atoms with van der Waals surface area (Å²) in [6.45, 7) is 0. The predicted molar refractivity (Wildman–Crippen MR) is 69.1 cm³/mol. The van der Waals surface area contributed by atoms with Gasteiger partial charge in [-0.2, -0.15) is 0 Å². The molecule has 0 atom stereocenters. The Morgan fingerprint density at radius 2 is 2.17 bits per heavy atom. The number of rotatable bonds is 3. The van der Waals surface area contributed by atoms with E-state index in [-0.39, 0.29) is 11.3 Å². The molecule has 18 heavy (non-hydrogen) atoms. The molecule has 0 radical (unpaired) electrons. The number of H-pyrrole nitrogens is 1. The van der Waals surface area contributed by atoms with Crippen LogP contribution in [0.4, 0.5) is 0 Å². The third-order valence-corrected chi connectivity index (χ3v) is 3.65. The highest BCUT2D eigenvalue weighted by molar-refractivity contribution is 7.99. The van der Waals surface area contributed by atoms with Crippen molar-refractivity contribution in [2.75, 3.05) is 0 Å². The van der Waals surface area contributed by atoms with Crippen LogP contribution in [0, 0.1) is 0 Å². The summed E-state index contributed by atoms with van der Waals surface area (Å²) in [4.78, 5) is 19.6. The third-order valence-electron chi connectivity index (χ3n) is 2.74. The van der Waals surface area contributed by atoms with Gasteiger partial charge in [-0.1, -0.05) is 17.8 Å². The van der Waals surface area contributed by atoms with Crippen LogP contribution in [0.1, 0.15) is 24.6 Å². The van der Waals surface area contributed by atoms with E-state index in [0.717, 1.165) is 23.6 Å². The molecule has 1 aliphatic rings. The van der Waals surface area contributed by atoms with Crippen LogP contribution in [-0.2, 0) is 0 Å². The van der Waals surface area contributed by atoms with Crippen molar-refractivity contribution in [3.05, 3.63) is 46.5 Å². The molecule has 0 unspecified atom stereocenters. The monoisotopic (exact) mass is 260 g/mol. The molecule has 1 aromatic heterocycles. The first-order valence-corrected chi connectivity index (χ1v) is 6.60. The Balaban J connectivity index is 1.90. The molecule has 92 valence electrons. The van der Waals surface area contributed by atoms with Gasteiger partial charge in [0.2, 0.25) is 0 Å². The standard InChI is InChI=1S/C13H12N2O2S/c16-9-2-1-3-10(6-9)18-12-7-11(17)14-13(15-12)8-4-5-8/h1-3,6-8,16H,4-5H2,(H,14,15,17). The Morgan fingerprint density at radius 3 is 2.89 bits per heavy atom. The number of hydrogen-bond acceptors (Lipinski definition) is 4. The van der Waals surface area contributed by atoms with Gasteiger partial charge in [-0.15, -0.1) is 0 Å². The van der Waals surface area contributed by atoms with Gasteiger partial charge in [-0.05, 0) is 31.0 Å². The molecule has 1 saturated carbocycles. The van der Waals surface area contributed by atoms with E-state index in [9.17, 15) is 9.90 Å². The number of nitrogens with one attached hydrogen (secondary N) is 1. The summed E-state index contributed by atoms with van der Waals surface area (Å²) >= 11 is 1.38. The van der Waals surface area contributed by atoms with Gasteiger partial charge in [0.15, 0.2) is 0 Å². The highest BCUT2D eigenvalue weighted by Crippen LogP contribution is 2.38. The van der Waals surface area contributed by atoms with Gasteiger partial charge in [0.25, 0.3) is 5.56 Å². The Morgan fingerprint density at radius 1 is 1.33 bits per heavy atom. The summed E-state index contributed by atoms with van der Waals surface area (Å²) in [7, 11) is 0. The summed E-state index contributed by atoms with van der Waals surface area (Å²) in [5.74, 6) is 1.42. The van der Waals surface area contributed by atoms with E-state index in [1.165, 1.54) is 17.8 Å². The Bertz CT molecular complexity index is 635. The SMILES string of the molecule is O=c1cc(Sc2cccc(O)c2)nc(C2CC2)[nH]1. The minimum Gasteiger partial charge on any atom is -0.508 e. The molecule has 2 aromatic rings. The Kier molecular flexibility index (Phi) is 2.83. The molecule has 4 nitrogen and oxygen atoms in total. The summed E-state index contributed by atoms with van der Waals surface area (Å²) in [6, 6.07) is 8.41. The lowest BCUT2D eigenvalue weighted by atomic mass is 10.3. The zero-order chi connectivity index (χ0) is 12.5. The summed E-state index contributed by atoms with van der Waals surface area (Å²) in [5, 5.41) is 10.1. The van der Waals surface area contributed by atoms with Gasteiger partial charge in [0.05, 0.1) is 0 Å². The summed E-state index contributed by atoms with van der Waals surface area (Å²) in [5.41, 5.74) is -0.116. The van der Waals surface area contributed by atoms with E-state index in [1.54, 1.807) is 18.2 Å². The molecular weight excluding hydrogens is 248 g/mol. The van der Waals surface area contributed by atoms with Crippen molar-refractivity contribution in [3.63, 3.8) is 0 Å². The average Bonchev–Trinajstić information content (AvgIpc) is 3.11. The van der Waals surface area contributed by atoms with Crippen molar-refractivity contribution in [2.24, 2.45) is 0 Å². The van der Waals surface area contributed by atoms with Gasteiger partial charge < -0.3 is 10.1 Å². The van der Waals surface area contributed by atoms with Gasteiger partial charge in [-0.3, -0.25) is 4.79 Å². The van der Waals surface area contributed by atoms with Crippen LogP contribution in [0.25, 0.3) is 0 Å². The van der Waals surface area contributed by atoms with E-state index in [1.807, 2.05) is 6.07 Å². The Hall–Kier alpha value is -1.75. The molecule has 0 aliphatic heterocycles. The van der Waals surface area contributed by atoms with Gasteiger partial charge in [0, 0.05) is 16.9 Å². The van der Waals surface area contributed by atoms with Crippen molar-refractivity contribution in [3.8, 4) is 5.75 Å². The fourth-order valence-corrected chi connectivity index (χ4v) is 2.60. The normalized spacial score (nSPS) is 14.7. The van der Waals surface area contributed by atoms with Crippen LogP contribution < -0.4 is 5.56 Å². The first kappa shape index (κ1) is 11.3. The highest BCUT2D eigenvalue weighted by Gasteiger charge is 2.26. The minimum absolute atomic E-state index is 0.116. The number of benzene rings is 1. The highest BCUT2D eigenvalue weighted by atomic mass is 32.2. The second-order valence-corrected chi connectivity index (χ2v) is 5.44. The third kappa shape index (κ3) is 2.56. The van der Waals surface area contributed by atoms with Crippen LogP contribution in [-0.4, -0.2) is 15.1 Å². The van der Waals surface area contributed by atoms with Crippen molar-refractivity contribution in [1.29, 1.82) is 0 Å². The van der Waals surface area contributed by atoms with Crippen LogP contribution in [0.2, 0.25) is 0 Å². The Labute approximate surface area is 108 Å². The number of phenolic OH excluding ortho intramolecular Hbond substituents is 1. The second kappa shape index (κ2) is 4.49. The minimum atomic E-state index is -0.116. The summed E-state index contributed by atoms with van der Waals surface area (Å²) < 4.78 is 0. The van der Waals surface area contributed by atoms with Crippen molar-refractivity contribution in [1.82, 2.24) is 9.97 Å². The molecule has 2 N–H and O–H groups in total. The molecule has 1 aliphatic carbocycles. The fraction of sp³-hybridized carbons (Fsp3) is 0.231. The van der Waals surface area contributed by atoms with Crippen LogP contribution in [0.15, 0.2) is 45.0 Å². The van der Waals surface area contributed by atoms with E-state index in [2.05, 4.69) is 9.97 Å². The van der Waals surface area contributed by atoms with E-state index < -0.39 is 0 Å². The van der Waals surface area contributed by atoms with Gasteiger partial charge >= 0.3 is 0 Å². The number of aromatic nitrogens is 2. The average molecular weight is 260 g/mol. The number of phenols is 1. The molecule has 3 rings (SSSR count). The quantitative estimate of drug-likeness (QED) is 0.832. The lowest BCUT2D eigenvalue weighted by molar-refractivity contribution is 0.474. The van der Waals surface area contributed by atoms with Crippen LogP contribution in [0.5, 0.6) is 5.75 Å². The lowest BCUT2D eigenvalue weighted by Crippen LogP contribution is -2.09. The van der Waals surface area contributed by atoms with Gasteiger partial charge in [0.1, 0.15) is 16.6 Å². The smallest absolute Gasteiger partial charge is 0.252 e. The molecule has 0 bridgehead atoms. The number of hydrogen-bond donors (Lipinski definition) is 2. The van der Waals surface area contributed by atoms with Crippen molar-refractivity contribution >= 4 is 11.8 Å². The molecule has 0 saturated heterocycles. The molecule has 0 spiro atoms. The van der Waals surface area contributed by atoms with Crippen molar-refractivity contribution < 1.29 is 5.11 Å². The van der Waals surface area contributed by atoms with E-state index >= 15 is 0 Å². The molecular formula is C13H12N2O2S. The zero-order valence-electron chi connectivity index (χ0n) is 9.59. The molecule has 1 aromatic carbocycles. The fourth-order valence-electron chi connectivity index (χ4n) is 1.72. The molecule has 5 heteroatoms. The van der Waals surface area contributed by atoms with E-state index in [4.69, 9.17) is 0 Å². The topological polar surface area (TPSA) is 66.0 Å². The van der Waals surface area contributed by atoms with Crippen LogP contribution >= 0.6 is 11.8 Å². The van der Waals surface area contributed by atoms with Crippen LogP contribution in [0.3, 0.4) is 0 Å². The molecule has 0 amide bonds. The first-order chi connectivity index (χ1) is 8.70. The zero-order valence-corrected chi connectivity index (χ0v) is 10.4. The second-order valence-electron chi connectivity index (χ2n) is 4.34. The summed E-state index contributed by atoms with van der Waals surface area (Å²) in [6.07, 6.45) is 2.20. The van der Waals surface area contributed by atoms with Gasteiger partial charge in [-0.25, -0.2) is 4.98 Å². The molecule has 1 fully saturated rings. The molecule has 1 heterocycles. The maximum absolute atomic E-state index is 11.5. The lowest BCUT2D eigenvalue weighted by Gasteiger charge is -2.03. The predicted octanol–water partition coefficient (Wildman–Crippen LogP) is 2.50. The van der Waals surface area contributed by atoms with E-state index in [0.29, 0.717) is 10.9 Å². The first-order valence-electron chi connectivity index (χ1n) is 5.79.